The highest BCUT2D eigenvalue weighted by atomic mass is 32.1. The van der Waals surface area contributed by atoms with Crippen molar-refractivity contribution in [3.63, 3.8) is 0 Å². The normalized spacial score (nSPS) is 14.7. The molecule has 1 aliphatic rings. The Morgan fingerprint density at radius 3 is 3.14 bits per heavy atom. The molecule has 1 aliphatic carbocycles. The van der Waals surface area contributed by atoms with Gasteiger partial charge in [0.05, 0.1) is 10.2 Å². The molecule has 0 bridgehead atoms. The molecule has 1 fully saturated rings. The standard InChI is InChI=1S/C14H15N5OS/c1-8-15-14(18-17-8)16-13(20)11-6-12-10(4-5-21-12)19(11)7-9-2-3-9/h4-6,9H,2-3,7H2,1H3,(H2,15,16,17,18,20). The van der Waals surface area contributed by atoms with Crippen LogP contribution >= 0.6 is 11.3 Å². The van der Waals surface area contributed by atoms with E-state index in [-0.39, 0.29) is 5.91 Å². The number of carbonyl (C=O) groups excluding carboxylic acids is 1. The molecule has 1 amide bonds. The van der Waals surface area contributed by atoms with Crippen molar-refractivity contribution < 1.29 is 4.79 Å². The molecule has 0 saturated heterocycles. The number of rotatable bonds is 4. The number of aryl methyl sites for hydroxylation is 1. The Morgan fingerprint density at radius 1 is 1.57 bits per heavy atom. The van der Waals surface area contributed by atoms with E-state index in [2.05, 4.69) is 36.5 Å². The third-order valence-corrected chi connectivity index (χ3v) is 4.57. The smallest absolute Gasteiger partial charge is 0.274 e. The number of carbonyl (C=O) groups is 1. The molecule has 21 heavy (non-hydrogen) atoms. The van der Waals surface area contributed by atoms with Gasteiger partial charge in [-0.15, -0.1) is 16.4 Å². The second kappa shape index (κ2) is 4.70. The first-order chi connectivity index (χ1) is 10.2. The summed E-state index contributed by atoms with van der Waals surface area (Å²) in [5, 5.41) is 11.5. The summed E-state index contributed by atoms with van der Waals surface area (Å²) in [6, 6.07) is 4.04. The Bertz CT molecular complexity index is 810. The number of nitrogens with one attached hydrogen (secondary N) is 2. The molecule has 7 heteroatoms. The average molecular weight is 301 g/mol. The molecule has 6 nitrogen and oxygen atoms in total. The van der Waals surface area contributed by atoms with E-state index in [1.807, 2.05) is 6.07 Å². The Labute approximate surface area is 125 Å². The van der Waals surface area contributed by atoms with E-state index in [1.54, 1.807) is 18.3 Å². The average Bonchev–Trinajstić information content (AvgIpc) is 2.84. The van der Waals surface area contributed by atoms with Crippen molar-refractivity contribution >= 4 is 33.4 Å². The number of hydrogen-bond donors (Lipinski definition) is 2. The van der Waals surface area contributed by atoms with Crippen LogP contribution in [0.3, 0.4) is 0 Å². The summed E-state index contributed by atoms with van der Waals surface area (Å²) >= 11 is 1.66. The van der Waals surface area contributed by atoms with Gasteiger partial charge < -0.3 is 4.57 Å². The molecular formula is C14H15N5OS. The fraction of sp³-hybridized carbons (Fsp3) is 0.357. The highest BCUT2D eigenvalue weighted by molar-refractivity contribution is 7.17. The summed E-state index contributed by atoms with van der Waals surface area (Å²) in [7, 11) is 0. The number of thiophene rings is 1. The van der Waals surface area contributed by atoms with Gasteiger partial charge in [-0.1, -0.05) is 0 Å². The molecular weight excluding hydrogens is 286 g/mol. The van der Waals surface area contributed by atoms with Crippen molar-refractivity contribution in [1.82, 2.24) is 19.7 Å². The molecule has 3 aromatic heterocycles. The molecule has 0 atom stereocenters. The zero-order chi connectivity index (χ0) is 14.4. The first-order valence-corrected chi connectivity index (χ1v) is 7.86. The molecule has 2 N–H and O–H groups in total. The van der Waals surface area contributed by atoms with Crippen LogP contribution in [0.15, 0.2) is 17.5 Å². The molecule has 0 radical (unpaired) electrons. The van der Waals surface area contributed by atoms with E-state index in [1.165, 1.54) is 12.8 Å². The van der Waals surface area contributed by atoms with Crippen molar-refractivity contribution in [1.29, 1.82) is 0 Å². The van der Waals surface area contributed by atoms with Crippen molar-refractivity contribution in [2.24, 2.45) is 5.92 Å². The van der Waals surface area contributed by atoms with Crippen LogP contribution in [0.25, 0.3) is 10.2 Å². The van der Waals surface area contributed by atoms with E-state index in [0.717, 1.165) is 16.8 Å². The van der Waals surface area contributed by atoms with Gasteiger partial charge in [0.25, 0.3) is 5.91 Å². The van der Waals surface area contributed by atoms with Crippen LogP contribution < -0.4 is 5.32 Å². The maximum absolute atomic E-state index is 12.5. The van der Waals surface area contributed by atoms with Crippen LogP contribution in [0.2, 0.25) is 0 Å². The lowest BCUT2D eigenvalue weighted by Gasteiger charge is -2.08. The summed E-state index contributed by atoms with van der Waals surface area (Å²) in [6.07, 6.45) is 2.51. The topological polar surface area (TPSA) is 75.6 Å². The second-order valence-electron chi connectivity index (χ2n) is 5.45. The summed E-state index contributed by atoms with van der Waals surface area (Å²) in [6.45, 7) is 2.71. The summed E-state index contributed by atoms with van der Waals surface area (Å²) in [5.41, 5.74) is 1.83. The van der Waals surface area contributed by atoms with Crippen LogP contribution in [-0.4, -0.2) is 25.7 Å². The van der Waals surface area contributed by atoms with Crippen molar-refractivity contribution in [3.8, 4) is 0 Å². The van der Waals surface area contributed by atoms with E-state index in [4.69, 9.17) is 0 Å². The lowest BCUT2D eigenvalue weighted by atomic mass is 10.3. The van der Waals surface area contributed by atoms with Gasteiger partial charge in [0.2, 0.25) is 5.95 Å². The van der Waals surface area contributed by atoms with Gasteiger partial charge >= 0.3 is 0 Å². The number of anilines is 1. The molecule has 3 heterocycles. The minimum Gasteiger partial charge on any atom is -0.335 e. The summed E-state index contributed by atoms with van der Waals surface area (Å²) < 4.78 is 3.27. The minimum absolute atomic E-state index is 0.155. The number of hydrogen-bond acceptors (Lipinski definition) is 4. The van der Waals surface area contributed by atoms with Gasteiger partial charge in [-0.05, 0) is 43.2 Å². The van der Waals surface area contributed by atoms with Gasteiger partial charge in [0.1, 0.15) is 11.5 Å². The highest BCUT2D eigenvalue weighted by Crippen LogP contribution is 2.34. The van der Waals surface area contributed by atoms with Gasteiger partial charge in [-0.3, -0.25) is 15.2 Å². The third kappa shape index (κ3) is 2.33. The van der Waals surface area contributed by atoms with E-state index in [0.29, 0.717) is 23.4 Å². The van der Waals surface area contributed by atoms with Gasteiger partial charge in [0, 0.05) is 6.54 Å². The predicted molar refractivity (Wildman–Crippen MR) is 81.6 cm³/mol. The van der Waals surface area contributed by atoms with Crippen LogP contribution in [0, 0.1) is 12.8 Å². The van der Waals surface area contributed by atoms with Crippen LogP contribution in [-0.2, 0) is 6.54 Å². The van der Waals surface area contributed by atoms with Crippen LogP contribution in [0.1, 0.15) is 29.2 Å². The summed E-state index contributed by atoms with van der Waals surface area (Å²) in [4.78, 5) is 16.6. The number of nitrogens with zero attached hydrogens (tertiary/aromatic N) is 3. The molecule has 3 aromatic rings. The number of amides is 1. The number of fused-ring (bicyclic) bond motifs is 1. The maximum Gasteiger partial charge on any atom is 0.274 e. The minimum atomic E-state index is -0.155. The maximum atomic E-state index is 12.5. The first kappa shape index (κ1) is 12.6. The molecule has 0 aromatic carbocycles. The van der Waals surface area contributed by atoms with Crippen LogP contribution in [0.4, 0.5) is 5.95 Å². The largest absolute Gasteiger partial charge is 0.335 e. The zero-order valence-electron chi connectivity index (χ0n) is 11.6. The van der Waals surface area contributed by atoms with Crippen molar-refractivity contribution in [2.75, 3.05) is 5.32 Å². The number of aromatic nitrogens is 4. The fourth-order valence-corrected chi connectivity index (χ4v) is 3.31. The molecule has 1 saturated carbocycles. The summed E-state index contributed by atoms with van der Waals surface area (Å²) in [5.74, 6) is 1.55. The van der Waals surface area contributed by atoms with Crippen molar-refractivity contribution in [2.45, 2.75) is 26.3 Å². The molecule has 0 unspecified atom stereocenters. The second-order valence-corrected chi connectivity index (χ2v) is 6.40. The Hall–Kier alpha value is -2.15. The fourth-order valence-electron chi connectivity index (χ4n) is 2.48. The zero-order valence-corrected chi connectivity index (χ0v) is 12.4. The van der Waals surface area contributed by atoms with Gasteiger partial charge in [-0.2, -0.15) is 4.98 Å². The number of aromatic amines is 1. The monoisotopic (exact) mass is 301 g/mol. The third-order valence-electron chi connectivity index (χ3n) is 3.72. The Balaban J connectivity index is 1.67. The molecule has 0 aliphatic heterocycles. The Morgan fingerprint density at radius 2 is 2.43 bits per heavy atom. The molecule has 108 valence electrons. The number of H-pyrrole nitrogens is 1. The van der Waals surface area contributed by atoms with Gasteiger partial charge in [0.15, 0.2) is 0 Å². The van der Waals surface area contributed by atoms with Crippen molar-refractivity contribution in [3.05, 3.63) is 29.0 Å². The first-order valence-electron chi connectivity index (χ1n) is 6.98. The van der Waals surface area contributed by atoms with Crippen LogP contribution in [0.5, 0.6) is 0 Å². The van der Waals surface area contributed by atoms with Gasteiger partial charge in [-0.25, -0.2) is 0 Å². The lowest BCUT2D eigenvalue weighted by molar-refractivity contribution is 0.101. The lowest BCUT2D eigenvalue weighted by Crippen LogP contribution is -2.18. The molecule has 0 spiro atoms. The molecule has 4 rings (SSSR count). The highest BCUT2D eigenvalue weighted by Gasteiger charge is 2.26. The van der Waals surface area contributed by atoms with E-state index >= 15 is 0 Å². The SMILES string of the molecule is Cc1nc(NC(=O)c2cc3sccc3n2CC2CC2)n[nH]1. The quantitative estimate of drug-likeness (QED) is 0.778. The van der Waals surface area contributed by atoms with E-state index < -0.39 is 0 Å². The predicted octanol–water partition coefficient (Wildman–Crippen LogP) is 2.79. The van der Waals surface area contributed by atoms with E-state index in [9.17, 15) is 4.79 Å². The Kier molecular flexibility index (Phi) is 2.81.